The van der Waals surface area contributed by atoms with Gasteiger partial charge in [0, 0.05) is 28.1 Å². The summed E-state index contributed by atoms with van der Waals surface area (Å²) in [7, 11) is 0. The van der Waals surface area contributed by atoms with Gasteiger partial charge in [0.1, 0.15) is 11.6 Å². The van der Waals surface area contributed by atoms with Gasteiger partial charge in [-0.1, -0.05) is 36.4 Å². The summed E-state index contributed by atoms with van der Waals surface area (Å²) in [5.41, 5.74) is 10.9. The third-order valence-corrected chi connectivity index (χ3v) is 5.60. The minimum absolute atomic E-state index is 0.104. The fraction of sp³-hybridized carbons (Fsp3) is 0.111. The topological polar surface area (TPSA) is 115 Å². The van der Waals surface area contributed by atoms with Crippen molar-refractivity contribution in [3.8, 4) is 28.1 Å². The summed E-state index contributed by atoms with van der Waals surface area (Å²) < 4.78 is 14.1. The Hall–Kier alpha value is -4.23. The number of nitrogens with two attached hydrogens (primary N) is 1. The average molecular weight is 457 g/mol. The number of hydrogen-bond acceptors (Lipinski definition) is 6. The highest BCUT2D eigenvalue weighted by molar-refractivity contribution is 6.02. The monoisotopic (exact) mass is 456 g/mol. The molecule has 1 heterocycles. The van der Waals surface area contributed by atoms with Gasteiger partial charge >= 0.3 is 0 Å². The molecule has 0 amide bonds. The van der Waals surface area contributed by atoms with Gasteiger partial charge in [0.25, 0.3) is 0 Å². The Morgan fingerprint density at radius 3 is 2.53 bits per heavy atom. The number of phenols is 1. The van der Waals surface area contributed by atoms with E-state index in [0.29, 0.717) is 39.5 Å². The molecule has 0 spiro atoms. The molecule has 0 aliphatic rings. The number of aromatic hydroxyl groups is 1. The van der Waals surface area contributed by atoms with Gasteiger partial charge in [-0.05, 0) is 54.4 Å². The van der Waals surface area contributed by atoms with E-state index in [0.717, 1.165) is 5.56 Å². The number of anilines is 2. The summed E-state index contributed by atoms with van der Waals surface area (Å²) in [6.45, 7) is 1.52. The van der Waals surface area contributed by atoms with E-state index in [1.54, 1.807) is 31.3 Å². The first-order valence-corrected chi connectivity index (χ1v) is 10.7. The maximum atomic E-state index is 14.1. The normalized spacial score (nSPS) is 11.7. The van der Waals surface area contributed by atoms with Gasteiger partial charge in [0.05, 0.1) is 30.2 Å². The summed E-state index contributed by atoms with van der Waals surface area (Å²) in [5.74, 6) is -0.604. The number of phenolic OH excluding ortho intramolecular Hbond substituents is 1. The third-order valence-electron chi connectivity index (χ3n) is 5.60. The molecular weight excluding hydrogens is 431 g/mol. The van der Waals surface area contributed by atoms with Crippen LogP contribution >= 0.6 is 0 Å². The van der Waals surface area contributed by atoms with Gasteiger partial charge in [-0.2, -0.15) is 0 Å². The molecule has 6 nitrogen and oxygen atoms in total. The third kappa shape index (κ3) is 4.74. The molecule has 4 aromatic rings. The molecule has 7 heteroatoms. The van der Waals surface area contributed by atoms with Gasteiger partial charge in [0.15, 0.2) is 0 Å². The number of benzene rings is 3. The van der Waals surface area contributed by atoms with Crippen LogP contribution in [0.25, 0.3) is 22.4 Å². The van der Waals surface area contributed by atoms with E-state index < -0.39 is 5.82 Å². The second-order valence-electron chi connectivity index (χ2n) is 8.00. The largest absolute Gasteiger partial charge is 0.507 e. The predicted molar refractivity (Wildman–Crippen MR) is 134 cm³/mol. The van der Waals surface area contributed by atoms with E-state index in [2.05, 4.69) is 10.3 Å². The first-order chi connectivity index (χ1) is 16.4. The van der Waals surface area contributed by atoms with Crippen LogP contribution in [0.5, 0.6) is 5.75 Å². The smallest absolute Gasteiger partial charge is 0.125 e. The first kappa shape index (κ1) is 22.9. The quantitative estimate of drug-likeness (QED) is 0.189. The van der Waals surface area contributed by atoms with Crippen LogP contribution in [0.1, 0.15) is 24.1 Å². The molecule has 172 valence electrons. The van der Waals surface area contributed by atoms with E-state index in [4.69, 9.17) is 11.1 Å². The molecule has 0 aliphatic carbocycles. The Morgan fingerprint density at radius 1 is 1.06 bits per heavy atom. The van der Waals surface area contributed by atoms with Crippen molar-refractivity contribution in [1.82, 2.24) is 4.98 Å². The molecule has 0 bridgehead atoms. The van der Waals surface area contributed by atoms with E-state index in [1.807, 2.05) is 36.4 Å². The second-order valence-corrected chi connectivity index (χ2v) is 8.00. The molecule has 0 saturated heterocycles. The molecule has 0 radical (unpaired) electrons. The Balaban J connectivity index is 1.86. The highest BCUT2D eigenvalue weighted by Gasteiger charge is 2.18. The fourth-order valence-electron chi connectivity index (χ4n) is 3.85. The summed E-state index contributed by atoms with van der Waals surface area (Å²) in [6, 6.07) is 20.0. The number of nitrogens with one attached hydrogen (secondary N) is 2. The minimum atomic E-state index is -0.500. The van der Waals surface area contributed by atoms with Crippen LogP contribution in [-0.4, -0.2) is 27.5 Å². The Bertz CT molecular complexity index is 1340. The van der Waals surface area contributed by atoms with Crippen molar-refractivity contribution in [3.05, 3.63) is 95.9 Å². The molecule has 4 rings (SSSR count). The Kier molecular flexibility index (Phi) is 6.56. The lowest BCUT2D eigenvalue weighted by Gasteiger charge is -2.20. The lowest BCUT2D eigenvalue weighted by Crippen LogP contribution is -2.15. The number of pyridine rings is 1. The molecule has 6 N–H and O–H groups in total. The Labute approximate surface area is 197 Å². The number of aromatic nitrogens is 1. The van der Waals surface area contributed by atoms with Crippen LogP contribution in [0.4, 0.5) is 15.8 Å². The number of rotatable bonds is 7. The van der Waals surface area contributed by atoms with Gasteiger partial charge in [-0.25, -0.2) is 4.39 Å². The first-order valence-electron chi connectivity index (χ1n) is 10.7. The van der Waals surface area contributed by atoms with Crippen LogP contribution in [0.2, 0.25) is 0 Å². The number of nitrogen functional groups attached to an aromatic ring is 1. The van der Waals surface area contributed by atoms with E-state index in [9.17, 15) is 14.6 Å². The molecular formula is C27H25FN4O2. The predicted octanol–water partition coefficient (Wildman–Crippen LogP) is 5.38. The van der Waals surface area contributed by atoms with Gasteiger partial charge < -0.3 is 26.7 Å². The second kappa shape index (κ2) is 9.72. The van der Waals surface area contributed by atoms with Crippen molar-refractivity contribution in [2.24, 2.45) is 0 Å². The lowest BCUT2D eigenvalue weighted by molar-refractivity contribution is 0.276. The molecule has 34 heavy (non-hydrogen) atoms. The van der Waals surface area contributed by atoms with E-state index in [1.165, 1.54) is 18.2 Å². The van der Waals surface area contributed by atoms with Crippen molar-refractivity contribution in [1.29, 1.82) is 5.41 Å². The van der Waals surface area contributed by atoms with Crippen molar-refractivity contribution in [2.75, 3.05) is 17.7 Å². The maximum Gasteiger partial charge on any atom is 0.125 e. The number of hydrogen-bond donors (Lipinski definition) is 5. The summed E-state index contributed by atoms with van der Waals surface area (Å²) in [4.78, 5) is 4.55. The zero-order chi connectivity index (χ0) is 24.2. The van der Waals surface area contributed by atoms with E-state index >= 15 is 0 Å². The highest BCUT2D eigenvalue weighted by atomic mass is 19.1. The highest BCUT2D eigenvalue weighted by Crippen LogP contribution is 2.38. The van der Waals surface area contributed by atoms with Crippen LogP contribution < -0.4 is 11.1 Å². The molecule has 0 aliphatic heterocycles. The number of aliphatic hydroxyl groups excluding tert-OH is 1. The average Bonchev–Trinajstić information content (AvgIpc) is 2.84. The number of aliphatic hydroxyl groups is 1. The van der Waals surface area contributed by atoms with Crippen LogP contribution in [0.15, 0.2) is 79.0 Å². The SMILES string of the molecule is CC(=N)c1cc(-c2cc(NC(CO)c3ccccc3)cnc2-c2cc(F)ccc2O)ccc1N. The van der Waals surface area contributed by atoms with Crippen molar-refractivity contribution in [2.45, 2.75) is 13.0 Å². The molecule has 0 saturated carbocycles. The number of halogens is 1. The molecule has 3 aromatic carbocycles. The van der Waals surface area contributed by atoms with Crippen LogP contribution in [-0.2, 0) is 0 Å². The summed E-state index contributed by atoms with van der Waals surface area (Å²) in [5, 5.41) is 31.7. The van der Waals surface area contributed by atoms with Crippen molar-refractivity contribution < 1.29 is 14.6 Å². The number of nitrogens with zero attached hydrogens (tertiary/aromatic N) is 1. The summed E-state index contributed by atoms with van der Waals surface area (Å²) in [6.07, 6.45) is 1.58. The van der Waals surface area contributed by atoms with Crippen LogP contribution in [0, 0.1) is 11.2 Å². The zero-order valence-electron chi connectivity index (χ0n) is 18.6. The molecule has 1 unspecified atom stereocenters. The molecule has 1 atom stereocenters. The van der Waals surface area contributed by atoms with Crippen LogP contribution in [0.3, 0.4) is 0 Å². The van der Waals surface area contributed by atoms with Gasteiger partial charge in [-0.3, -0.25) is 4.98 Å². The fourth-order valence-corrected chi connectivity index (χ4v) is 3.85. The molecule has 0 fully saturated rings. The minimum Gasteiger partial charge on any atom is -0.507 e. The van der Waals surface area contributed by atoms with E-state index in [-0.39, 0.29) is 24.0 Å². The molecule has 1 aromatic heterocycles. The summed E-state index contributed by atoms with van der Waals surface area (Å²) >= 11 is 0. The van der Waals surface area contributed by atoms with Crippen molar-refractivity contribution >= 4 is 17.1 Å². The maximum absolute atomic E-state index is 14.1. The van der Waals surface area contributed by atoms with Gasteiger partial charge in [-0.15, -0.1) is 0 Å². The van der Waals surface area contributed by atoms with Gasteiger partial charge in [0.2, 0.25) is 0 Å². The standard InChI is InChI=1S/C27H25FN4O2/c1-16(29)21-11-18(7-9-24(21)30)22-13-20(32-25(15-33)17-5-3-2-4-6-17)14-31-27(22)23-12-19(28)8-10-26(23)34/h2-14,25,29,32-34H,15,30H2,1H3. The Morgan fingerprint density at radius 2 is 1.82 bits per heavy atom. The van der Waals surface area contributed by atoms with Crippen molar-refractivity contribution in [3.63, 3.8) is 0 Å². The lowest BCUT2D eigenvalue weighted by atomic mass is 9.95. The zero-order valence-corrected chi connectivity index (χ0v) is 18.6.